The van der Waals surface area contributed by atoms with Gasteiger partial charge < -0.3 is 4.57 Å². The molecule has 0 aliphatic rings. The minimum absolute atomic E-state index is 0.710. The Kier molecular flexibility index (Phi) is 7.50. The lowest BCUT2D eigenvalue weighted by Gasteiger charge is -2.13. The molecule has 4 heteroatoms. The lowest BCUT2D eigenvalue weighted by molar-refractivity contribution is 1.18. The van der Waals surface area contributed by atoms with E-state index in [1.54, 1.807) is 0 Å². The molecule has 0 amide bonds. The highest BCUT2D eigenvalue weighted by atomic mass is 15.0. The Bertz CT molecular complexity index is 3590. The van der Waals surface area contributed by atoms with E-state index in [4.69, 9.17) is 15.0 Å². The summed E-state index contributed by atoms with van der Waals surface area (Å²) in [6, 6.07) is 73.2. The zero-order chi connectivity index (χ0) is 38.9. The van der Waals surface area contributed by atoms with Crippen molar-refractivity contribution in [3.63, 3.8) is 0 Å². The van der Waals surface area contributed by atoms with E-state index in [-0.39, 0.29) is 0 Å². The molecule has 12 rings (SSSR count). The second-order valence-corrected chi connectivity index (χ2v) is 15.2. The van der Waals surface area contributed by atoms with Crippen molar-refractivity contribution in [2.24, 2.45) is 0 Å². The third-order valence-corrected chi connectivity index (χ3v) is 11.8. The van der Waals surface area contributed by atoms with E-state index in [0.717, 1.165) is 83.1 Å². The predicted octanol–water partition coefficient (Wildman–Crippen LogP) is 14.2. The molecule has 0 unspecified atom stereocenters. The maximum absolute atomic E-state index is 5.53. The maximum Gasteiger partial charge on any atom is 0.160 e. The summed E-state index contributed by atoms with van der Waals surface area (Å²) in [5, 5.41) is 9.29. The van der Waals surface area contributed by atoms with Gasteiger partial charge in [-0.3, -0.25) is 0 Å². The molecule has 12 aromatic rings. The van der Waals surface area contributed by atoms with Gasteiger partial charge in [-0.15, -0.1) is 0 Å². The van der Waals surface area contributed by atoms with E-state index in [2.05, 4.69) is 205 Å². The van der Waals surface area contributed by atoms with Gasteiger partial charge in [-0.25, -0.2) is 15.0 Å². The molecule has 9 aromatic carbocycles. The van der Waals surface area contributed by atoms with Crippen LogP contribution in [0.5, 0.6) is 0 Å². The number of rotatable bonds is 5. The van der Waals surface area contributed by atoms with Crippen LogP contribution in [0.15, 0.2) is 206 Å². The summed E-state index contributed by atoms with van der Waals surface area (Å²) in [7, 11) is 0. The zero-order valence-electron chi connectivity index (χ0n) is 31.9. The largest absolute Gasteiger partial charge is 0.307 e. The molecule has 0 aliphatic carbocycles. The van der Waals surface area contributed by atoms with Gasteiger partial charge >= 0.3 is 0 Å². The lowest BCUT2D eigenvalue weighted by Crippen LogP contribution is -1.96. The Balaban J connectivity index is 1.01. The third kappa shape index (κ3) is 5.42. The van der Waals surface area contributed by atoms with Crippen molar-refractivity contribution in [3.05, 3.63) is 206 Å². The summed E-state index contributed by atoms with van der Waals surface area (Å²) in [4.78, 5) is 15.8. The van der Waals surface area contributed by atoms with Gasteiger partial charge in [-0.1, -0.05) is 170 Å². The van der Waals surface area contributed by atoms with Gasteiger partial charge in [0.25, 0.3) is 0 Å². The Morgan fingerprint density at radius 2 is 0.949 bits per heavy atom. The highest BCUT2D eigenvalue weighted by Crippen LogP contribution is 2.42. The Morgan fingerprint density at radius 3 is 1.78 bits per heavy atom. The molecule has 4 nitrogen and oxygen atoms in total. The monoisotopic (exact) mass is 750 g/mol. The van der Waals surface area contributed by atoms with E-state index in [0.29, 0.717) is 5.82 Å². The topological polar surface area (TPSA) is 43.6 Å². The summed E-state index contributed by atoms with van der Waals surface area (Å²) in [6.07, 6.45) is 0. The molecule has 0 fully saturated rings. The summed E-state index contributed by atoms with van der Waals surface area (Å²) < 4.78 is 2.39. The lowest BCUT2D eigenvalue weighted by atomic mass is 9.98. The van der Waals surface area contributed by atoms with Crippen molar-refractivity contribution >= 4 is 65.2 Å². The first-order valence-corrected chi connectivity index (χ1v) is 20.0. The second kappa shape index (κ2) is 13.3. The number of fused-ring (bicyclic) bond motifs is 9. The molecule has 3 aromatic heterocycles. The van der Waals surface area contributed by atoms with Crippen LogP contribution in [0.3, 0.4) is 0 Å². The average molecular weight is 751 g/mol. The van der Waals surface area contributed by atoms with Crippen LogP contribution in [0, 0.1) is 0 Å². The minimum Gasteiger partial charge on any atom is -0.307 e. The predicted molar refractivity (Wildman–Crippen MR) is 246 cm³/mol. The van der Waals surface area contributed by atoms with Crippen LogP contribution in [-0.2, 0) is 0 Å². The molecule has 0 bridgehead atoms. The van der Waals surface area contributed by atoms with Crippen molar-refractivity contribution in [2.45, 2.75) is 0 Å². The van der Waals surface area contributed by atoms with E-state index in [1.165, 1.54) is 26.9 Å². The van der Waals surface area contributed by atoms with Crippen molar-refractivity contribution in [1.82, 2.24) is 19.5 Å². The van der Waals surface area contributed by atoms with Crippen LogP contribution < -0.4 is 0 Å². The summed E-state index contributed by atoms with van der Waals surface area (Å²) in [5.41, 5.74) is 12.6. The highest BCUT2D eigenvalue weighted by Gasteiger charge is 2.20. The molecular formula is C55H34N4. The van der Waals surface area contributed by atoms with Gasteiger partial charge in [-0.05, 0) is 63.7 Å². The first kappa shape index (κ1) is 33.2. The fourth-order valence-corrected chi connectivity index (χ4v) is 8.93. The van der Waals surface area contributed by atoms with Gasteiger partial charge in [0.2, 0.25) is 0 Å². The molecule has 0 radical (unpaired) electrons. The Labute approximate surface area is 340 Å². The van der Waals surface area contributed by atoms with E-state index < -0.39 is 0 Å². The van der Waals surface area contributed by atoms with Gasteiger partial charge in [0.15, 0.2) is 5.82 Å². The summed E-state index contributed by atoms with van der Waals surface area (Å²) >= 11 is 0. The third-order valence-electron chi connectivity index (χ3n) is 11.8. The van der Waals surface area contributed by atoms with Crippen molar-refractivity contribution in [1.29, 1.82) is 0 Å². The number of para-hydroxylation sites is 2. The first-order chi connectivity index (χ1) is 29.2. The van der Waals surface area contributed by atoms with Gasteiger partial charge in [0.1, 0.15) is 0 Å². The van der Waals surface area contributed by atoms with Crippen LogP contribution in [0.1, 0.15) is 0 Å². The Morgan fingerprint density at radius 1 is 0.322 bits per heavy atom. The number of pyridine rings is 1. The Hall–Kier alpha value is -7.95. The summed E-state index contributed by atoms with van der Waals surface area (Å²) in [6.45, 7) is 0. The minimum atomic E-state index is 0.710. The normalized spacial score (nSPS) is 11.7. The van der Waals surface area contributed by atoms with Crippen LogP contribution in [0.4, 0.5) is 0 Å². The molecule has 59 heavy (non-hydrogen) atoms. The van der Waals surface area contributed by atoms with E-state index in [1.807, 2.05) is 6.07 Å². The standard InChI is InChI=1S/C55H34N4/c1-3-14-37(15-4-1)51-44-20-10-9-19-43(44)45-30-31-46-48-34-40(29-32-50(48)59(54(46)53(45)57-51)42-17-5-2-6-18-42)36-23-26-38(27-24-36)55-56-49-22-12-11-21-47(49)52(58-55)41-28-25-35-13-7-8-16-39(35)33-41/h1-34H. The molecule has 274 valence electrons. The molecule has 0 atom stereocenters. The highest BCUT2D eigenvalue weighted by molar-refractivity contribution is 6.23. The number of hydrogen-bond acceptors (Lipinski definition) is 3. The number of hydrogen-bond donors (Lipinski definition) is 0. The number of nitrogens with zero attached hydrogens (tertiary/aromatic N) is 4. The van der Waals surface area contributed by atoms with Crippen LogP contribution >= 0.6 is 0 Å². The quantitative estimate of drug-likeness (QED) is 0.165. The zero-order valence-corrected chi connectivity index (χ0v) is 31.9. The first-order valence-electron chi connectivity index (χ1n) is 20.0. The molecule has 3 heterocycles. The van der Waals surface area contributed by atoms with Crippen LogP contribution in [0.25, 0.3) is 116 Å². The van der Waals surface area contributed by atoms with Gasteiger partial charge in [0.05, 0.1) is 33.5 Å². The number of aromatic nitrogens is 4. The molecule has 0 aliphatic heterocycles. The second-order valence-electron chi connectivity index (χ2n) is 15.2. The SMILES string of the molecule is c1ccc(-c2nc3c(ccc4c5cc(-c6ccc(-c7nc(-c8ccc9ccccc9c8)c8ccccc8n7)cc6)ccc5n(-c5ccccc5)c43)c3ccccc23)cc1. The smallest absolute Gasteiger partial charge is 0.160 e. The van der Waals surface area contributed by atoms with Crippen molar-refractivity contribution in [3.8, 4) is 50.7 Å². The van der Waals surface area contributed by atoms with Crippen LogP contribution in [-0.4, -0.2) is 19.5 Å². The molecular weight excluding hydrogens is 717 g/mol. The maximum atomic E-state index is 5.53. The molecule has 0 spiro atoms. The van der Waals surface area contributed by atoms with Gasteiger partial charge in [0, 0.05) is 49.3 Å². The van der Waals surface area contributed by atoms with Crippen molar-refractivity contribution in [2.75, 3.05) is 0 Å². The fourth-order valence-electron chi connectivity index (χ4n) is 8.93. The molecule has 0 saturated heterocycles. The van der Waals surface area contributed by atoms with E-state index >= 15 is 0 Å². The average Bonchev–Trinajstić information content (AvgIpc) is 3.65. The number of benzene rings is 9. The van der Waals surface area contributed by atoms with Crippen LogP contribution in [0.2, 0.25) is 0 Å². The van der Waals surface area contributed by atoms with Crippen molar-refractivity contribution < 1.29 is 0 Å². The fraction of sp³-hybridized carbons (Fsp3) is 0. The summed E-state index contributed by atoms with van der Waals surface area (Å²) in [5.74, 6) is 0.710. The molecule has 0 saturated carbocycles. The molecule has 0 N–H and O–H groups in total. The van der Waals surface area contributed by atoms with E-state index in [9.17, 15) is 0 Å². The van der Waals surface area contributed by atoms with Gasteiger partial charge in [-0.2, -0.15) is 0 Å².